The number of hydrogen-bond donors (Lipinski definition) is 1. The van der Waals surface area contributed by atoms with Gasteiger partial charge in [-0.2, -0.15) is 0 Å². The maximum absolute atomic E-state index is 6.04. The Morgan fingerprint density at radius 2 is 1.95 bits per heavy atom. The van der Waals surface area contributed by atoms with Crippen molar-refractivity contribution in [2.24, 2.45) is 0 Å². The lowest BCUT2D eigenvalue weighted by Gasteiger charge is -2.43. The maximum atomic E-state index is 6.04. The first kappa shape index (κ1) is 14.9. The maximum Gasteiger partial charge on any atom is 0.124 e. The van der Waals surface area contributed by atoms with Gasteiger partial charge in [-0.25, -0.2) is 0 Å². The summed E-state index contributed by atoms with van der Waals surface area (Å²) < 4.78 is 6.04. The fraction of sp³-hybridized carbons (Fsp3) is 0.667. The van der Waals surface area contributed by atoms with Gasteiger partial charge >= 0.3 is 0 Å². The highest BCUT2D eigenvalue weighted by molar-refractivity contribution is 5.38. The normalized spacial score (nSPS) is 26.4. The monoisotopic (exact) mass is 288 g/mol. The number of rotatable bonds is 4. The largest absolute Gasteiger partial charge is 0.492 e. The molecule has 3 rings (SSSR count). The van der Waals surface area contributed by atoms with Crippen molar-refractivity contribution in [1.29, 1.82) is 0 Å². The third kappa shape index (κ3) is 3.09. The molecular formula is C18H28N2O. The van der Waals surface area contributed by atoms with Gasteiger partial charge in [0.05, 0.1) is 12.1 Å². The fourth-order valence-corrected chi connectivity index (χ4v) is 3.93. The van der Waals surface area contributed by atoms with Crippen LogP contribution >= 0.6 is 0 Å². The Morgan fingerprint density at radius 3 is 2.71 bits per heavy atom. The van der Waals surface area contributed by atoms with Crippen molar-refractivity contribution in [2.75, 3.05) is 20.2 Å². The summed E-state index contributed by atoms with van der Waals surface area (Å²) in [5, 5.41) is 3.69. The van der Waals surface area contributed by atoms with Gasteiger partial charge in [0.25, 0.3) is 0 Å². The topological polar surface area (TPSA) is 24.5 Å². The number of fused-ring (bicyclic) bond motifs is 1. The second-order valence-corrected chi connectivity index (χ2v) is 6.41. The van der Waals surface area contributed by atoms with Crippen LogP contribution in [0, 0.1) is 0 Å². The second-order valence-electron chi connectivity index (χ2n) is 6.41. The summed E-state index contributed by atoms with van der Waals surface area (Å²) in [5.74, 6) is 1.05. The van der Waals surface area contributed by atoms with E-state index in [4.69, 9.17) is 4.74 Å². The number of benzene rings is 1. The number of hydrogen-bond acceptors (Lipinski definition) is 3. The summed E-state index contributed by atoms with van der Waals surface area (Å²) in [6.07, 6.45) is 6.85. The Bertz CT molecular complexity index is 456. The molecule has 0 saturated heterocycles. The van der Waals surface area contributed by atoms with E-state index in [1.807, 2.05) is 0 Å². The molecule has 1 aliphatic carbocycles. The molecule has 1 aliphatic heterocycles. The zero-order chi connectivity index (χ0) is 14.7. The lowest BCUT2D eigenvalue weighted by atomic mass is 9.90. The highest BCUT2D eigenvalue weighted by atomic mass is 16.5. The molecule has 0 radical (unpaired) electrons. The van der Waals surface area contributed by atoms with Gasteiger partial charge in [0.2, 0.25) is 0 Å². The van der Waals surface area contributed by atoms with Crippen molar-refractivity contribution in [1.82, 2.24) is 10.2 Å². The number of nitrogens with zero attached hydrogens (tertiary/aromatic N) is 1. The first-order valence-electron chi connectivity index (χ1n) is 8.48. The summed E-state index contributed by atoms with van der Waals surface area (Å²) >= 11 is 0. The number of likely N-dealkylation sites (N-methyl/N-ethyl adjacent to an activating group) is 2. The van der Waals surface area contributed by atoms with E-state index in [1.54, 1.807) is 0 Å². The quantitative estimate of drug-likeness (QED) is 0.919. The first-order chi connectivity index (χ1) is 10.3. The van der Waals surface area contributed by atoms with Crippen LogP contribution in [0.3, 0.4) is 0 Å². The summed E-state index contributed by atoms with van der Waals surface area (Å²) in [7, 11) is 2.29. The van der Waals surface area contributed by atoms with Gasteiger partial charge in [0.1, 0.15) is 12.4 Å². The first-order valence-corrected chi connectivity index (χ1v) is 8.48. The average molecular weight is 288 g/mol. The van der Waals surface area contributed by atoms with E-state index in [2.05, 4.69) is 48.5 Å². The van der Waals surface area contributed by atoms with Crippen LogP contribution in [0.25, 0.3) is 0 Å². The molecule has 1 N–H and O–H groups in total. The summed E-state index contributed by atoms with van der Waals surface area (Å²) in [6.45, 7) is 3.98. The van der Waals surface area contributed by atoms with E-state index >= 15 is 0 Å². The summed E-state index contributed by atoms with van der Waals surface area (Å²) in [4.78, 5) is 2.59. The van der Waals surface area contributed by atoms with Crippen molar-refractivity contribution >= 4 is 0 Å². The molecule has 3 heteroatoms. The lowest BCUT2D eigenvalue weighted by molar-refractivity contribution is 0.0598. The number of para-hydroxylation sites is 1. The molecule has 0 spiro atoms. The molecule has 1 aromatic carbocycles. The van der Waals surface area contributed by atoms with E-state index in [0.717, 1.165) is 24.9 Å². The van der Waals surface area contributed by atoms with Gasteiger partial charge in [0.15, 0.2) is 0 Å². The molecule has 1 aromatic rings. The van der Waals surface area contributed by atoms with Crippen molar-refractivity contribution < 1.29 is 4.74 Å². The Morgan fingerprint density at radius 1 is 1.19 bits per heavy atom. The highest BCUT2D eigenvalue weighted by Gasteiger charge is 2.35. The molecule has 0 amide bonds. The van der Waals surface area contributed by atoms with Gasteiger partial charge in [-0.15, -0.1) is 0 Å². The van der Waals surface area contributed by atoms with Gasteiger partial charge < -0.3 is 10.1 Å². The van der Waals surface area contributed by atoms with E-state index < -0.39 is 0 Å². The molecule has 2 unspecified atom stereocenters. The standard InChI is InChI=1S/C18H28N2O/c1-3-19-18-15-11-7-8-12-17(15)21-13-16(18)20(2)14-9-5-4-6-10-14/h7-8,11-12,14,16,18-19H,3-6,9-10,13H2,1-2H3. The number of nitrogens with one attached hydrogen (secondary N) is 1. The van der Waals surface area contributed by atoms with Crippen molar-refractivity contribution in [3.63, 3.8) is 0 Å². The lowest BCUT2D eigenvalue weighted by Crippen LogP contribution is -2.52. The van der Waals surface area contributed by atoms with Gasteiger partial charge in [-0.05, 0) is 32.5 Å². The third-order valence-electron chi connectivity index (χ3n) is 5.15. The molecule has 1 fully saturated rings. The molecule has 1 heterocycles. The Kier molecular flexibility index (Phi) is 4.81. The minimum absolute atomic E-state index is 0.381. The molecule has 1 saturated carbocycles. The summed E-state index contributed by atoms with van der Waals surface area (Å²) in [6, 6.07) is 10.0. The van der Waals surface area contributed by atoms with Gasteiger partial charge in [-0.3, -0.25) is 4.90 Å². The Balaban J connectivity index is 1.80. The van der Waals surface area contributed by atoms with Crippen LogP contribution < -0.4 is 10.1 Å². The predicted octanol–water partition coefficient (Wildman–Crippen LogP) is 3.36. The molecule has 21 heavy (non-hydrogen) atoms. The molecule has 0 aromatic heterocycles. The Hall–Kier alpha value is -1.06. The van der Waals surface area contributed by atoms with Crippen LogP contribution in [0.2, 0.25) is 0 Å². The molecule has 2 aliphatic rings. The smallest absolute Gasteiger partial charge is 0.124 e. The molecular weight excluding hydrogens is 260 g/mol. The van der Waals surface area contributed by atoms with Crippen LogP contribution in [0.15, 0.2) is 24.3 Å². The average Bonchev–Trinajstić information content (AvgIpc) is 2.55. The van der Waals surface area contributed by atoms with E-state index in [0.29, 0.717) is 12.1 Å². The highest BCUT2D eigenvalue weighted by Crippen LogP contribution is 2.35. The molecule has 0 bridgehead atoms. The molecule has 116 valence electrons. The minimum atomic E-state index is 0.381. The zero-order valence-electron chi connectivity index (χ0n) is 13.3. The molecule has 3 nitrogen and oxygen atoms in total. The van der Waals surface area contributed by atoms with Crippen molar-refractivity contribution in [3.8, 4) is 5.75 Å². The van der Waals surface area contributed by atoms with Gasteiger partial charge in [-0.1, -0.05) is 44.4 Å². The fourth-order valence-electron chi connectivity index (χ4n) is 3.93. The van der Waals surface area contributed by atoms with Crippen LogP contribution in [0.5, 0.6) is 5.75 Å². The van der Waals surface area contributed by atoms with Crippen LogP contribution in [-0.4, -0.2) is 37.2 Å². The minimum Gasteiger partial charge on any atom is -0.492 e. The second kappa shape index (κ2) is 6.80. The van der Waals surface area contributed by atoms with Crippen molar-refractivity contribution in [3.05, 3.63) is 29.8 Å². The van der Waals surface area contributed by atoms with Crippen molar-refractivity contribution in [2.45, 2.75) is 57.2 Å². The summed E-state index contributed by atoms with van der Waals surface area (Å²) in [5.41, 5.74) is 1.32. The Labute approximate surface area is 128 Å². The van der Waals surface area contributed by atoms with E-state index in [1.165, 1.54) is 37.7 Å². The predicted molar refractivity (Wildman–Crippen MR) is 86.8 cm³/mol. The van der Waals surface area contributed by atoms with Crippen LogP contribution in [0.1, 0.15) is 50.6 Å². The zero-order valence-corrected chi connectivity index (χ0v) is 13.3. The van der Waals surface area contributed by atoms with Gasteiger partial charge in [0, 0.05) is 11.6 Å². The van der Waals surface area contributed by atoms with E-state index in [-0.39, 0.29) is 0 Å². The van der Waals surface area contributed by atoms with E-state index in [9.17, 15) is 0 Å². The van der Waals surface area contributed by atoms with Crippen LogP contribution in [0.4, 0.5) is 0 Å². The van der Waals surface area contributed by atoms with Crippen LogP contribution in [-0.2, 0) is 0 Å². The number of ether oxygens (including phenoxy) is 1. The third-order valence-corrected chi connectivity index (χ3v) is 5.15. The molecule has 2 atom stereocenters. The SMILES string of the molecule is CCNC1c2ccccc2OCC1N(C)C1CCCCC1.